The maximum atomic E-state index is 13.8. The van der Waals surface area contributed by atoms with Crippen molar-refractivity contribution in [3.05, 3.63) is 59.4 Å². The van der Waals surface area contributed by atoms with Crippen molar-refractivity contribution in [2.45, 2.75) is 19.9 Å². The van der Waals surface area contributed by atoms with Crippen molar-refractivity contribution in [2.75, 3.05) is 20.3 Å². The van der Waals surface area contributed by atoms with E-state index in [1.807, 2.05) is 32.0 Å². The van der Waals surface area contributed by atoms with Crippen LogP contribution in [0.15, 0.2) is 42.5 Å². The number of amides is 1. The first-order valence-corrected chi connectivity index (χ1v) is 9.19. The summed E-state index contributed by atoms with van der Waals surface area (Å²) in [6.45, 7) is 5.11. The van der Waals surface area contributed by atoms with E-state index in [9.17, 15) is 9.18 Å². The van der Waals surface area contributed by atoms with E-state index in [2.05, 4.69) is 5.32 Å². The number of carbonyl (C=O) groups is 1. The molecule has 0 radical (unpaired) electrons. The van der Waals surface area contributed by atoms with Gasteiger partial charge in [-0.15, -0.1) is 0 Å². The van der Waals surface area contributed by atoms with Crippen LogP contribution in [0.5, 0.6) is 17.2 Å². The van der Waals surface area contributed by atoms with Gasteiger partial charge in [-0.05, 0) is 47.4 Å². The lowest BCUT2D eigenvalue weighted by molar-refractivity contribution is -0.117. The van der Waals surface area contributed by atoms with E-state index in [1.54, 1.807) is 12.1 Å². The molecule has 0 saturated carbocycles. The van der Waals surface area contributed by atoms with Crippen LogP contribution in [0.2, 0.25) is 0 Å². The largest absolute Gasteiger partial charge is 0.494 e. The number of hydrogen-bond acceptors (Lipinski definition) is 4. The number of halogens is 1. The molecule has 148 valence electrons. The SMILES string of the molecule is COc1ccc(/C=C/C(=O)N[C@H](c2ccc3c(c2)OCCO3)C(C)C)cc1F. The van der Waals surface area contributed by atoms with Crippen LogP contribution in [0.25, 0.3) is 6.08 Å². The van der Waals surface area contributed by atoms with Gasteiger partial charge in [-0.1, -0.05) is 26.0 Å². The Kier molecular flexibility index (Phi) is 6.19. The summed E-state index contributed by atoms with van der Waals surface area (Å²) in [4.78, 5) is 12.4. The van der Waals surface area contributed by atoms with E-state index in [-0.39, 0.29) is 23.6 Å². The van der Waals surface area contributed by atoms with E-state index in [4.69, 9.17) is 14.2 Å². The third kappa shape index (κ3) is 4.63. The quantitative estimate of drug-likeness (QED) is 0.760. The molecule has 1 N–H and O–H groups in total. The molecule has 0 fully saturated rings. The summed E-state index contributed by atoms with van der Waals surface area (Å²) in [6, 6.07) is 10.0. The average molecular weight is 385 g/mol. The number of nitrogens with one attached hydrogen (secondary N) is 1. The molecule has 3 rings (SSSR count). The van der Waals surface area contributed by atoms with Crippen molar-refractivity contribution in [3.63, 3.8) is 0 Å². The summed E-state index contributed by atoms with van der Waals surface area (Å²) in [5, 5.41) is 3.01. The van der Waals surface area contributed by atoms with Crippen LogP contribution in [-0.2, 0) is 4.79 Å². The Labute approximate surface area is 164 Å². The van der Waals surface area contributed by atoms with Gasteiger partial charge in [-0.3, -0.25) is 4.79 Å². The van der Waals surface area contributed by atoms with Gasteiger partial charge in [0.15, 0.2) is 23.1 Å². The molecule has 2 aromatic rings. The minimum Gasteiger partial charge on any atom is -0.494 e. The molecule has 0 unspecified atom stereocenters. The number of hydrogen-bond donors (Lipinski definition) is 1. The van der Waals surface area contributed by atoms with E-state index in [0.717, 1.165) is 5.56 Å². The van der Waals surface area contributed by atoms with Crippen LogP contribution in [0, 0.1) is 11.7 Å². The van der Waals surface area contributed by atoms with Crippen molar-refractivity contribution in [3.8, 4) is 17.2 Å². The third-order valence-electron chi connectivity index (χ3n) is 4.49. The third-order valence-corrected chi connectivity index (χ3v) is 4.49. The number of ether oxygens (including phenoxy) is 3. The fourth-order valence-electron chi connectivity index (χ4n) is 3.05. The van der Waals surface area contributed by atoms with Crippen molar-refractivity contribution < 1.29 is 23.4 Å². The van der Waals surface area contributed by atoms with E-state index in [0.29, 0.717) is 30.3 Å². The zero-order valence-corrected chi connectivity index (χ0v) is 16.2. The van der Waals surface area contributed by atoms with Gasteiger partial charge in [0.05, 0.1) is 13.2 Å². The Morgan fingerprint density at radius 3 is 2.57 bits per heavy atom. The first-order chi connectivity index (χ1) is 13.5. The lowest BCUT2D eigenvalue weighted by Gasteiger charge is -2.25. The molecule has 28 heavy (non-hydrogen) atoms. The van der Waals surface area contributed by atoms with E-state index < -0.39 is 5.82 Å². The van der Waals surface area contributed by atoms with Crippen LogP contribution < -0.4 is 19.5 Å². The zero-order valence-electron chi connectivity index (χ0n) is 16.2. The smallest absolute Gasteiger partial charge is 0.244 e. The standard InChI is InChI=1S/C22H24FNO4/c1-14(2)22(16-6-8-19-20(13-16)28-11-10-27-19)24-21(25)9-5-15-4-7-18(26-3)17(23)12-15/h4-9,12-14,22H,10-11H2,1-3H3,(H,24,25)/b9-5+/t22-/m0/s1. The summed E-state index contributed by atoms with van der Waals surface area (Å²) in [6.07, 6.45) is 2.97. The molecule has 1 aliphatic heterocycles. The van der Waals surface area contributed by atoms with Gasteiger partial charge in [0.1, 0.15) is 13.2 Å². The van der Waals surface area contributed by atoms with Crippen molar-refractivity contribution in [1.82, 2.24) is 5.32 Å². The van der Waals surface area contributed by atoms with Crippen LogP contribution >= 0.6 is 0 Å². The molecule has 1 atom stereocenters. The Morgan fingerprint density at radius 1 is 1.14 bits per heavy atom. The Balaban J connectivity index is 1.72. The summed E-state index contributed by atoms with van der Waals surface area (Å²) in [5.74, 6) is 1.00. The predicted octanol–water partition coefficient (Wildman–Crippen LogP) is 4.13. The summed E-state index contributed by atoms with van der Waals surface area (Å²) in [5.41, 5.74) is 1.52. The highest BCUT2D eigenvalue weighted by Crippen LogP contribution is 2.34. The van der Waals surface area contributed by atoms with E-state index >= 15 is 0 Å². The van der Waals surface area contributed by atoms with E-state index in [1.165, 1.54) is 25.3 Å². The minimum atomic E-state index is -0.471. The van der Waals surface area contributed by atoms with Gasteiger partial charge in [-0.2, -0.15) is 0 Å². The topological polar surface area (TPSA) is 56.8 Å². The molecular formula is C22H24FNO4. The monoisotopic (exact) mass is 385 g/mol. The molecular weight excluding hydrogens is 361 g/mol. The normalized spacial score (nSPS) is 14.2. The van der Waals surface area contributed by atoms with Gasteiger partial charge in [0, 0.05) is 6.08 Å². The molecule has 0 bridgehead atoms. The highest BCUT2D eigenvalue weighted by molar-refractivity contribution is 5.92. The second kappa shape index (κ2) is 8.78. The minimum absolute atomic E-state index is 0.165. The second-order valence-corrected chi connectivity index (χ2v) is 6.86. The number of benzene rings is 2. The van der Waals surface area contributed by atoms with Crippen molar-refractivity contribution >= 4 is 12.0 Å². The van der Waals surface area contributed by atoms with Gasteiger partial charge in [0.25, 0.3) is 0 Å². The number of fused-ring (bicyclic) bond motifs is 1. The molecule has 0 aromatic heterocycles. The molecule has 1 heterocycles. The van der Waals surface area contributed by atoms with Gasteiger partial charge < -0.3 is 19.5 Å². The fourth-order valence-corrected chi connectivity index (χ4v) is 3.05. The van der Waals surface area contributed by atoms with Gasteiger partial charge in [0.2, 0.25) is 5.91 Å². The van der Waals surface area contributed by atoms with Crippen LogP contribution in [-0.4, -0.2) is 26.2 Å². The molecule has 0 aliphatic carbocycles. The summed E-state index contributed by atoms with van der Waals surface area (Å²) >= 11 is 0. The maximum Gasteiger partial charge on any atom is 0.244 e. The fraction of sp³-hybridized carbons (Fsp3) is 0.318. The van der Waals surface area contributed by atoms with Crippen LogP contribution in [0.4, 0.5) is 4.39 Å². The summed E-state index contributed by atoms with van der Waals surface area (Å²) < 4.78 is 29.9. The zero-order chi connectivity index (χ0) is 20.1. The first kappa shape index (κ1) is 19.7. The highest BCUT2D eigenvalue weighted by atomic mass is 19.1. The lowest BCUT2D eigenvalue weighted by atomic mass is 9.95. The van der Waals surface area contributed by atoms with Crippen molar-refractivity contribution in [2.24, 2.45) is 5.92 Å². The lowest BCUT2D eigenvalue weighted by Crippen LogP contribution is -2.30. The maximum absolute atomic E-state index is 13.8. The van der Waals surface area contributed by atoms with Crippen molar-refractivity contribution in [1.29, 1.82) is 0 Å². The molecule has 2 aromatic carbocycles. The molecule has 6 heteroatoms. The Bertz CT molecular complexity index is 879. The molecule has 1 amide bonds. The van der Waals surface area contributed by atoms with Gasteiger partial charge >= 0.3 is 0 Å². The van der Waals surface area contributed by atoms with Crippen LogP contribution in [0.3, 0.4) is 0 Å². The molecule has 0 spiro atoms. The van der Waals surface area contributed by atoms with Gasteiger partial charge in [-0.25, -0.2) is 4.39 Å². The highest BCUT2D eigenvalue weighted by Gasteiger charge is 2.20. The second-order valence-electron chi connectivity index (χ2n) is 6.86. The van der Waals surface area contributed by atoms with Crippen LogP contribution in [0.1, 0.15) is 31.0 Å². The average Bonchev–Trinajstić information content (AvgIpc) is 2.70. The summed E-state index contributed by atoms with van der Waals surface area (Å²) in [7, 11) is 1.41. The Hall–Kier alpha value is -3.02. The predicted molar refractivity (Wildman–Crippen MR) is 105 cm³/mol. The number of methoxy groups -OCH3 is 1. The molecule has 1 aliphatic rings. The molecule has 5 nitrogen and oxygen atoms in total. The molecule has 0 saturated heterocycles. The Morgan fingerprint density at radius 2 is 1.89 bits per heavy atom. The number of rotatable bonds is 6. The first-order valence-electron chi connectivity index (χ1n) is 9.19. The number of carbonyl (C=O) groups excluding carboxylic acids is 1.